The first kappa shape index (κ1) is 16.2. The molecule has 0 radical (unpaired) electrons. The molecule has 0 spiro atoms. The summed E-state index contributed by atoms with van der Waals surface area (Å²) in [6.45, 7) is 7.65. The Morgan fingerprint density at radius 1 is 1.22 bits per heavy atom. The number of esters is 1. The predicted octanol–water partition coefficient (Wildman–Crippen LogP) is 2.71. The van der Waals surface area contributed by atoms with Crippen molar-refractivity contribution in [2.24, 2.45) is 0 Å². The minimum atomic E-state index is -0.653. The Kier molecular flexibility index (Phi) is 4.53. The molecule has 0 N–H and O–H groups in total. The molecule has 2 aliphatic rings. The predicted molar refractivity (Wildman–Crippen MR) is 84.0 cm³/mol. The van der Waals surface area contributed by atoms with Gasteiger partial charge in [0.15, 0.2) is 5.79 Å². The molecule has 1 aromatic carbocycles. The molecule has 0 amide bonds. The molecule has 23 heavy (non-hydrogen) atoms. The van der Waals surface area contributed by atoms with Crippen molar-refractivity contribution in [2.75, 3.05) is 6.61 Å². The maximum Gasteiger partial charge on any atom is 0.338 e. The highest BCUT2D eigenvalue weighted by Crippen LogP contribution is 2.39. The quantitative estimate of drug-likeness (QED) is 0.617. The number of carbonyl (C=O) groups is 1. The van der Waals surface area contributed by atoms with E-state index in [1.807, 2.05) is 19.9 Å². The Morgan fingerprint density at radius 2 is 1.87 bits per heavy atom. The van der Waals surface area contributed by atoms with Crippen LogP contribution in [0, 0.1) is 0 Å². The van der Waals surface area contributed by atoms with Crippen LogP contribution in [0.1, 0.15) is 30.6 Å². The van der Waals surface area contributed by atoms with Crippen LogP contribution in [-0.2, 0) is 18.9 Å². The van der Waals surface area contributed by atoms with Crippen molar-refractivity contribution in [3.8, 4) is 0 Å². The molecular formula is C18H22O5. The molecule has 5 heteroatoms. The smallest absolute Gasteiger partial charge is 0.338 e. The standard InChI is InChI=1S/C18H22O5/c1-4-8-13-15-16(23-18(2,3)22-15)14(21-13)11-20-17(19)12-9-6-5-7-10-12/h4-7,9-10,13-16H,1,8,11H2,2-3H3/t13-,14-,15+,16-/m1/s1. The zero-order chi connectivity index (χ0) is 16.4. The van der Waals surface area contributed by atoms with Gasteiger partial charge in [0.2, 0.25) is 0 Å². The van der Waals surface area contributed by atoms with Gasteiger partial charge in [-0.2, -0.15) is 0 Å². The number of hydrogen-bond acceptors (Lipinski definition) is 5. The molecule has 124 valence electrons. The summed E-state index contributed by atoms with van der Waals surface area (Å²) in [6.07, 6.45) is 1.61. The highest BCUT2D eigenvalue weighted by atomic mass is 16.8. The zero-order valence-corrected chi connectivity index (χ0v) is 13.4. The number of hydrogen-bond donors (Lipinski definition) is 0. The van der Waals surface area contributed by atoms with Crippen LogP contribution in [0.3, 0.4) is 0 Å². The average molecular weight is 318 g/mol. The fourth-order valence-electron chi connectivity index (χ4n) is 3.08. The van der Waals surface area contributed by atoms with E-state index in [0.29, 0.717) is 12.0 Å². The first-order chi connectivity index (χ1) is 11.0. The van der Waals surface area contributed by atoms with Crippen LogP contribution in [0.25, 0.3) is 0 Å². The number of benzene rings is 1. The van der Waals surface area contributed by atoms with E-state index in [1.165, 1.54) is 0 Å². The van der Waals surface area contributed by atoms with E-state index >= 15 is 0 Å². The Balaban J connectivity index is 1.63. The third-order valence-corrected chi connectivity index (χ3v) is 4.03. The van der Waals surface area contributed by atoms with Crippen molar-refractivity contribution in [1.29, 1.82) is 0 Å². The maximum absolute atomic E-state index is 12.1. The maximum atomic E-state index is 12.1. The summed E-state index contributed by atoms with van der Waals surface area (Å²) in [6, 6.07) is 8.90. The Bertz CT molecular complexity index is 568. The van der Waals surface area contributed by atoms with Gasteiger partial charge < -0.3 is 18.9 Å². The number of rotatable bonds is 5. The van der Waals surface area contributed by atoms with Crippen molar-refractivity contribution in [2.45, 2.75) is 50.5 Å². The van der Waals surface area contributed by atoms with Gasteiger partial charge in [0, 0.05) is 0 Å². The van der Waals surface area contributed by atoms with Gasteiger partial charge in [0.05, 0.1) is 11.7 Å². The van der Waals surface area contributed by atoms with Crippen LogP contribution in [-0.4, -0.2) is 42.8 Å². The summed E-state index contributed by atoms with van der Waals surface area (Å²) in [5.74, 6) is -1.02. The normalized spacial score (nSPS) is 31.6. The summed E-state index contributed by atoms with van der Waals surface area (Å²) >= 11 is 0. The SMILES string of the molecule is C=CC[C@H]1O[C@H](COC(=O)c2ccccc2)[C@H]2OC(C)(C)O[C@H]21. The first-order valence-corrected chi connectivity index (χ1v) is 7.84. The highest BCUT2D eigenvalue weighted by Gasteiger charge is 2.54. The molecule has 0 bridgehead atoms. The second kappa shape index (κ2) is 6.43. The van der Waals surface area contributed by atoms with E-state index < -0.39 is 5.79 Å². The third kappa shape index (κ3) is 3.47. The molecule has 1 aromatic rings. The van der Waals surface area contributed by atoms with Gasteiger partial charge in [0.1, 0.15) is 24.9 Å². The van der Waals surface area contributed by atoms with Crippen LogP contribution in [0.15, 0.2) is 43.0 Å². The minimum absolute atomic E-state index is 0.125. The number of carbonyl (C=O) groups excluding carboxylic acids is 1. The summed E-state index contributed by atoms with van der Waals surface area (Å²) in [5, 5.41) is 0. The van der Waals surface area contributed by atoms with E-state index in [-0.39, 0.29) is 37.0 Å². The fourth-order valence-corrected chi connectivity index (χ4v) is 3.08. The van der Waals surface area contributed by atoms with Gasteiger partial charge in [-0.05, 0) is 32.4 Å². The zero-order valence-electron chi connectivity index (χ0n) is 13.4. The summed E-state index contributed by atoms with van der Waals surface area (Å²) < 4.78 is 23.2. The molecule has 0 unspecified atom stereocenters. The molecule has 2 aliphatic heterocycles. The van der Waals surface area contributed by atoms with Crippen LogP contribution < -0.4 is 0 Å². The number of fused-ring (bicyclic) bond motifs is 1. The molecule has 5 nitrogen and oxygen atoms in total. The molecule has 0 aliphatic carbocycles. The van der Waals surface area contributed by atoms with Crippen molar-refractivity contribution in [1.82, 2.24) is 0 Å². The molecule has 2 heterocycles. The van der Waals surface area contributed by atoms with Crippen LogP contribution in [0.2, 0.25) is 0 Å². The van der Waals surface area contributed by atoms with Gasteiger partial charge in [-0.1, -0.05) is 24.3 Å². The van der Waals surface area contributed by atoms with Crippen molar-refractivity contribution < 1.29 is 23.7 Å². The molecule has 0 aromatic heterocycles. The van der Waals surface area contributed by atoms with Crippen LogP contribution >= 0.6 is 0 Å². The van der Waals surface area contributed by atoms with E-state index in [0.717, 1.165) is 0 Å². The van der Waals surface area contributed by atoms with Gasteiger partial charge in [-0.15, -0.1) is 6.58 Å². The first-order valence-electron chi connectivity index (χ1n) is 7.84. The Morgan fingerprint density at radius 3 is 2.52 bits per heavy atom. The molecule has 2 fully saturated rings. The highest BCUT2D eigenvalue weighted by molar-refractivity contribution is 5.89. The third-order valence-electron chi connectivity index (χ3n) is 4.03. The van der Waals surface area contributed by atoms with Gasteiger partial charge >= 0.3 is 5.97 Å². The van der Waals surface area contributed by atoms with E-state index in [2.05, 4.69) is 6.58 Å². The van der Waals surface area contributed by atoms with E-state index in [9.17, 15) is 4.79 Å². The monoisotopic (exact) mass is 318 g/mol. The van der Waals surface area contributed by atoms with Crippen molar-refractivity contribution in [3.05, 3.63) is 48.6 Å². The Labute approximate surface area is 136 Å². The van der Waals surface area contributed by atoms with Crippen molar-refractivity contribution in [3.63, 3.8) is 0 Å². The van der Waals surface area contributed by atoms with Gasteiger partial charge in [-0.3, -0.25) is 0 Å². The van der Waals surface area contributed by atoms with Gasteiger partial charge in [-0.25, -0.2) is 4.79 Å². The molecule has 4 atom stereocenters. The van der Waals surface area contributed by atoms with Crippen LogP contribution in [0.5, 0.6) is 0 Å². The van der Waals surface area contributed by atoms with E-state index in [1.54, 1.807) is 30.3 Å². The molecular weight excluding hydrogens is 296 g/mol. The lowest BCUT2D eigenvalue weighted by Gasteiger charge is -2.23. The number of ether oxygens (including phenoxy) is 4. The Hall–Kier alpha value is -1.69. The lowest BCUT2D eigenvalue weighted by atomic mass is 10.1. The van der Waals surface area contributed by atoms with Crippen molar-refractivity contribution >= 4 is 5.97 Å². The molecule has 3 rings (SSSR count). The fraction of sp³-hybridized carbons (Fsp3) is 0.500. The summed E-state index contributed by atoms with van der Waals surface area (Å²) in [5.41, 5.74) is 0.522. The summed E-state index contributed by atoms with van der Waals surface area (Å²) in [4.78, 5) is 12.1. The summed E-state index contributed by atoms with van der Waals surface area (Å²) in [7, 11) is 0. The second-order valence-electron chi connectivity index (χ2n) is 6.27. The molecule has 2 saturated heterocycles. The average Bonchev–Trinajstić information content (AvgIpc) is 3.00. The molecule has 0 saturated carbocycles. The largest absolute Gasteiger partial charge is 0.459 e. The lowest BCUT2D eigenvalue weighted by molar-refractivity contribution is -0.189. The van der Waals surface area contributed by atoms with Gasteiger partial charge in [0.25, 0.3) is 0 Å². The van der Waals surface area contributed by atoms with E-state index in [4.69, 9.17) is 18.9 Å². The minimum Gasteiger partial charge on any atom is -0.459 e. The topological polar surface area (TPSA) is 54.0 Å². The van der Waals surface area contributed by atoms with Crippen LogP contribution in [0.4, 0.5) is 0 Å². The second-order valence-corrected chi connectivity index (χ2v) is 6.27. The lowest BCUT2D eigenvalue weighted by Crippen LogP contribution is -2.33.